The van der Waals surface area contributed by atoms with E-state index in [9.17, 15) is 19.2 Å². The Balaban J connectivity index is 1.75. The van der Waals surface area contributed by atoms with Crippen molar-refractivity contribution in [1.29, 1.82) is 0 Å². The molecule has 2 aromatic rings. The van der Waals surface area contributed by atoms with E-state index in [1.54, 1.807) is 36.4 Å². The fourth-order valence-corrected chi connectivity index (χ4v) is 4.25. The molecule has 0 saturated carbocycles. The van der Waals surface area contributed by atoms with Gasteiger partial charge in [0.2, 0.25) is 5.91 Å². The SMILES string of the molecule is COC(=O)COc1cc(Br)c(/C=C2/SC(=O)N(CC(=O)Nc3ccccc3OC)C2=O)cc1OC. The van der Waals surface area contributed by atoms with E-state index in [0.29, 0.717) is 39.0 Å². The van der Waals surface area contributed by atoms with Crippen LogP contribution in [0.3, 0.4) is 0 Å². The third-order valence-electron chi connectivity index (χ3n) is 4.70. The molecule has 0 unspecified atom stereocenters. The van der Waals surface area contributed by atoms with E-state index in [2.05, 4.69) is 26.0 Å². The molecule has 10 nitrogen and oxygen atoms in total. The summed E-state index contributed by atoms with van der Waals surface area (Å²) in [6.07, 6.45) is 1.50. The average molecular weight is 565 g/mol. The highest BCUT2D eigenvalue weighted by Gasteiger charge is 2.36. The van der Waals surface area contributed by atoms with E-state index in [1.165, 1.54) is 27.4 Å². The number of ether oxygens (including phenoxy) is 4. The van der Waals surface area contributed by atoms with Crippen molar-refractivity contribution in [2.45, 2.75) is 0 Å². The van der Waals surface area contributed by atoms with Crippen molar-refractivity contribution in [2.24, 2.45) is 0 Å². The van der Waals surface area contributed by atoms with Crippen LogP contribution in [0.25, 0.3) is 6.08 Å². The fourth-order valence-electron chi connectivity index (χ4n) is 2.99. The van der Waals surface area contributed by atoms with E-state index >= 15 is 0 Å². The number of nitrogens with zero attached hydrogens (tertiary/aromatic N) is 1. The van der Waals surface area contributed by atoms with Crippen LogP contribution < -0.4 is 19.5 Å². The van der Waals surface area contributed by atoms with Gasteiger partial charge in [-0.2, -0.15) is 0 Å². The van der Waals surface area contributed by atoms with Gasteiger partial charge in [0.1, 0.15) is 12.3 Å². The van der Waals surface area contributed by atoms with Crippen LogP contribution in [0.15, 0.2) is 45.8 Å². The van der Waals surface area contributed by atoms with Gasteiger partial charge in [-0.25, -0.2) is 4.79 Å². The van der Waals surface area contributed by atoms with Crippen LogP contribution in [0.5, 0.6) is 17.2 Å². The van der Waals surface area contributed by atoms with Crippen LogP contribution in [0.2, 0.25) is 0 Å². The fraction of sp³-hybridized carbons (Fsp3) is 0.217. The first-order valence-electron chi connectivity index (χ1n) is 10.0. The minimum Gasteiger partial charge on any atom is -0.495 e. The van der Waals surface area contributed by atoms with E-state index < -0.39 is 29.6 Å². The number of methoxy groups -OCH3 is 3. The first-order chi connectivity index (χ1) is 16.8. The molecule has 3 amide bonds. The number of rotatable bonds is 9. The van der Waals surface area contributed by atoms with Crippen molar-refractivity contribution >= 4 is 62.5 Å². The minimum atomic E-state index is -0.605. The lowest BCUT2D eigenvalue weighted by atomic mass is 10.2. The normalized spacial score (nSPS) is 14.2. The Labute approximate surface area is 213 Å². The van der Waals surface area contributed by atoms with Crippen molar-refractivity contribution in [3.05, 3.63) is 51.3 Å². The topological polar surface area (TPSA) is 120 Å². The van der Waals surface area contributed by atoms with Gasteiger partial charge in [-0.1, -0.05) is 28.1 Å². The van der Waals surface area contributed by atoms with Crippen molar-refractivity contribution < 1.29 is 38.1 Å². The van der Waals surface area contributed by atoms with Gasteiger partial charge in [-0.15, -0.1) is 0 Å². The number of hydrogen-bond acceptors (Lipinski definition) is 9. The number of carbonyl (C=O) groups excluding carboxylic acids is 4. The van der Waals surface area contributed by atoms with Gasteiger partial charge in [0.05, 0.1) is 31.9 Å². The first-order valence-corrected chi connectivity index (χ1v) is 11.6. The monoisotopic (exact) mass is 564 g/mol. The number of thioether (sulfide) groups is 1. The molecular weight excluding hydrogens is 544 g/mol. The van der Waals surface area contributed by atoms with Crippen LogP contribution in [0, 0.1) is 0 Å². The second-order valence-electron chi connectivity index (χ2n) is 6.91. The largest absolute Gasteiger partial charge is 0.495 e. The molecule has 0 aliphatic carbocycles. The number of carbonyl (C=O) groups is 4. The van der Waals surface area contributed by atoms with E-state index in [0.717, 1.165) is 4.90 Å². The molecule has 1 saturated heterocycles. The molecule has 0 aromatic heterocycles. The second kappa shape index (κ2) is 11.8. The van der Waals surface area contributed by atoms with Crippen LogP contribution >= 0.6 is 27.7 Å². The zero-order valence-corrected chi connectivity index (χ0v) is 21.4. The highest BCUT2D eigenvalue weighted by molar-refractivity contribution is 9.10. The van der Waals surface area contributed by atoms with Gasteiger partial charge in [0.25, 0.3) is 11.1 Å². The van der Waals surface area contributed by atoms with Gasteiger partial charge in [0, 0.05) is 4.47 Å². The molecule has 0 bridgehead atoms. The van der Waals surface area contributed by atoms with Gasteiger partial charge < -0.3 is 24.3 Å². The maximum atomic E-state index is 12.9. The minimum absolute atomic E-state index is 0.131. The maximum Gasteiger partial charge on any atom is 0.343 e. The Hall–Kier alpha value is -3.51. The van der Waals surface area contributed by atoms with Crippen molar-refractivity contribution in [1.82, 2.24) is 4.90 Å². The number of hydrogen-bond donors (Lipinski definition) is 1. The quantitative estimate of drug-likeness (QED) is 0.359. The zero-order valence-electron chi connectivity index (χ0n) is 19.0. The Bertz CT molecular complexity index is 1200. The summed E-state index contributed by atoms with van der Waals surface area (Å²) in [6.45, 7) is -0.765. The molecule has 12 heteroatoms. The number of benzene rings is 2. The number of nitrogens with one attached hydrogen (secondary N) is 1. The van der Waals surface area contributed by atoms with Gasteiger partial charge in [-0.3, -0.25) is 19.3 Å². The van der Waals surface area contributed by atoms with Crippen LogP contribution in [0.4, 0.5) is 10.5 Å². The molecule has 0 radical (unpaired) electrons. The Kier molecular flexibility index (Phi) is 8.77. The number of esters is 1. The van der Waals surface area contributed by atoms with E-state index in [4.69, 9.17) is 14.2 Å². The van der Waals surface area contributed by atoms with Crippen LogP contribution in [0.1, 0.15) is 5.56 Å². The molecule has 1 fully saturated rings. The number of imide groups is 1. The summed E-state index contributed by atoms with van der Waals surface area (Å²) in [5.41, 5.74) is 0.948. The molecule has 3 rings (SSSR count). The van der Waals surface area contributed by atoms with Crippen molar-refractivity contribution in [2.75, 3.05) is 39.8 Å². The van der Waals surface area contributed by atoms with Crippen LogP contribution in [-0.4, -0.2) is 62.4 Å². The van der Waals surface area contributed by atoms with E-state index in [-0.39, 0.29) is 17.3 Å². The van der Waals surface area contributed by atoms with Gasteiger partial charge in [-0.05, 0) is 47.7 Å². The highest BCUT2D eigenvalue weighted by Crippen LogP contribution is 2.38. The molecule has 35 heavy (non-hydrogen) atoms. The van der Waals surface area contributed by atoms with Gasteiger partial charge in [0.15, 0.2) is 18.1 Å². The Morgan fingerprint density at radius 1 is 1.06 bits per heavy atom. The molecule has 1 N–H and O–H groups in total. The molecule has 184 valence electrons. The molecule has 1 aliphatic heterocycles. The average Bonchev–Trinajstić information content (AvgIpc) is 3.11. The first kappa shape index (κ1) is 26.1. The maximum absolute atomic E-state index is 12.9. The number of anilines is 1. The number of halogens is 1. The standard InChI is InChI=1S/C23H21BrN2O8S/c1-31-16-7-5-4-6-15(16)25-20(27)11-26-22(29)19(35-23(26)30)9-13-8-17(32-2)18(10-14(13)24)34-12-21(28)33-3/h4-10H,11-12H2,1-3H3,(H,25,27)/b19-9+. The lowest BCUT2D eigenvalue weighted by molar-refractivity contribution is -0.143. The molecular formula is C23H21BrN2O8S. The smallest absolute Gasteiger partial charge is 0.343 e. The van der Waals surface area contributed by atoms with Crippen molar-refractivity contribution in [3.63, 3.8) is 0 Å². The molecule has 0 spiro atoms. The molecule has 1 heterocycles. The summed E-state index contributed by atoms with van der Waals surface area (Å²) >= 11 is 4.11. The molecule has 1 aliphatic rings. The lowest BCUT2D eigenvalue weighted by Gasteiger charge is -2.14. The van der Waals surface area contributed by atoms with Gasteiger partial charge >= 0.3 is 5.97 Å². The highest BCUT2D eigenvalue weighted by atomic mass is 79.9. The van der Waals surface area contributed by atoms with Crippen molar-refractivity contribution in [3.8, 4) is 17.2 Å². The van der Waals surface area contributed by atoms with Crippen LogP contribution in [-0.2, 0) is 19.1 Å². The molecule has 2 aromatic carbocycles. The second-order valence-corrected chi connectivity index (χ2v) is 8.75. The molecule has 0 atom stereocenters. The lowest BCUT2D eigenvalue weighted by Crippen LogP contribution is -2.36. The Morgan fingerprint density at radius 2 is 1.77 bits per heavy atom. The Morgan fingerprint density at radius 3 is 2.46 bits per heavy atom. The summed E-state index contributed by atoms with van der Waals surface area (Å²) in [6, 6.07) is 9.95. The number of para-hydroxylation sites is 2. The third kappa shape index (κ3) is 6.34. The number of amides is 3. The zero-order chi connectivity index (χ0) is 25.5. The third-order valence-corrected chi connectivity index (χ3v) is 6.29. The summed E-state index contributed by atoms with van der Waals surface area (Å²) < 4.78 is 21.0. The summed E-state index contributed by atoms with van der Waals surface area (Å²) in [4.78, 5) is 50.2. The van der Waals surface area contributed by atoms with E-state index in [1.807, 2.05) is 0 Å². The predicted octanol–water partition coefficient (Wildman–Crippen LogP) is 3.69. The predicted molar refractivity (Wildman–Crippen MR) is 133 cm³/mol. The summed E-state index contributed by atoms with van der Waals surface area (Å²) in [5, 5.41) is 2.07. The summed E-state index contributed by atoms with van der Waals surface area (Å²) in [5.74, 6) is -0.676. The summed E-state index contributed by atoms with van der Waals surface area (Å²) in [7, 11) is 4.14.